The number of aromatic nitrogens is 1. The minimum Gasteiger partial charge on any atom is -0.456 e. The molecule has 0 fully saturated rings. The van der Waals surface area contributed by atoms with E-state index in [1.54, 1.807) is 0 Å². The Morgan fingerprint density at radius 3 is 1.79 bits per heavy atom. The fourth-order valence-electron chi connectivity index (χ4n) is 10.2. The normalized spacial score (nSPS) is 11.8. The molecule has 0 spiro atoms. The Morgan fingerprint density at radius 2 is 0.984 bits per heavy atom. The van der Waals surface area contributed by atoms with Crippen LogP contribution >= 0.6 is 0 Å². The van der Waals surface area contributed by atoms with Crippen LogP contribution in [-0.4, -0.2) is 4.57 Å². The first kappa shape index (κ1) is 35.4. The van der Waals surface area contributed by atoms with Crippen molar-refractivity contribution < 1.29 is 4.42 Å². The Hall–Kier alpha value is -8.40. The molecular weight excluding hydrogens is 765 g/mol. The maximum absolute atomic E-state index is 6.75. The number of rotatable bonds is 6. The number of nitrogens with zero attached hydrogens (tertiary/aromatic N) is 2. The summed E-state index contributed by atoms with van der Waals surface area (Å²) in [6.07, 6.45) is 0. The van der Waals surface area contributed by atoms with Crippen molar-refractivity contribution in [2.75, 3.05) is 4.90 Å². The standard InChI is InChI=1S/C60H38N2O/c1-3-17-40(18-4-1)58-59-52-36-42(47-28-15-20-39-16-7-9-23-46(39)47)30-35-53(52)62(55(59)38-57-60(58)51-27-13-14-29-56(51)63-57)45-33-31-44(32-34-45)61(43-21-5-2-6-22-43)54-37-41-19-8-10-24-48(41)49-25-11-12-26-50(49)54/h1-38H. The third-order valence-corrected chi connectivity index (χ3v) is 12.9. The summed E-state index contributed by atoms with van der Waals surface area (Å²) in [6.45, 7) is 0. The number of benzene rings is 11. The number of anilines is 3. The zero-order chi connectivity index (χ0) is 41.4. The Labute approximate surface area is 363 Å². The van der Waals surface area contributed by atoms with Gasteiger partial charge in [-0.3, -0.25) is 0 Å². The molecule has 3 heteroatoms. The topological polar surface area (TPSA) is 21.3 Å². The van der Waals surface area contributed by atoms with Gasteiger partial charge in [0.2, 0.25) is 0 Å². The van der Waals surface area contributed by atoms with Crippen molar-refractivity contribution in [2.45, 2.75) is 0 Å². The summed E-state index contributed by atoms with van der Waals surface area (Å²) in [7, 11) is 0. The summed E-state index contributed by atoms with van der Waals surface area (Å²) >= 11 is 0. The van der Waals surface area contributed by atoms with Crippen LogP contribution in [-0.2, 0) is 0 Å². The van der Waals surface area contributed by atoms with Crippen molar-refractivity contribution in [1.29, 1.82) is 0 Å². The minimum absolute atomic E-state index is 0.871. The Bertz CT molecular complexity index is 3890. The SMILES string of the molecule is c1ccc(-c2c3c(cc4c2c2cc(-c5cccc6ccccc56)ccc2n4-c2ccc(N(c4ccccc4)c4cc5ccccc5c5ccccc45)cc2)oc2ccccc23)cc1. The van der Waals surface area contributed by atoms with Crippen molar-refractivity contribution in [3.05, 3.63) is 231 Å². The lowest BCUT2D eigenvalue weighted by atomic mass is 9.93. The molecule has 2 heterocycles. The second kappa shape index (κ2) is 14.1. The van der Waals surface area contributed by atoms with Gasteiger partial charge in [-0.25, -0.2) is 0 Å². The van der Waals surface area contributed by atoms with Crippen molar-refractivity contribution in [2.24, 2.45) is 0 Å². The number of fused-ring (bicyclic) bond motifs is 10. The van der Waals surface area contributed by atoms with E-state index in [0.717, 1.165) is 61.3 Å². The summed E-state index contributed by atoms with van der Waals surface area (Å²) in [5, 5.41) is 12.0. The van der Waals surface area contributed by atoms with Crippen molar-refractivity contribution >= 4 is 93.1 Å². The lowest BCUT2D eigenvalue weighted by Crippen LogP contribution is -2.10. The molecule has 0 amide bonds. The first-order chi connectivity index (χ1) is 31.3. The van der Waals surface area contributed by atoms with Crippen LogP contribution < -0.4 is 4.90 Å². The summed E-state index contributed by atoms with van der Waals surface area (Å²) in [6, 6.07) is 83.4. The van der Waals surface area contributed by atoms with Crippen molar-refractivity contribution in [3.63, 3.8) is 0 Å². The quantitative estimate of drug-likeness (QED) is 0.156. The lowest BCUT2D eigenvalue weighted by molar-refractivity contribution is 0.669. The maximum atomic E-state index is 6.75. The molecule has 2 aromatic heterocycles. The van der Waals surface area contributed by atoms with Crippen LogP contribution in [0.2, 0.25) is 0 Å². The van der Waals surface area contributed by atoms with E-state index >= 15 is 0 Å². The molecule has 0 aliphatic heterocycles. The number of furan rings is 1. The zero-order valence-corrected chi connectivity index (χ0v) is 34.2. The molecule has 0 unspecified atom stereocenters. The molecule has 0 saturated carbocycles. The minimum atomic E-state index is 0.871. The molecule has 0 N–H and O–H groups in total. The van der Waals surface area contributed by atoms with Gasteiger partial charge in [-0.15, -0.1) is 0 Å². The molecule has 0 aliphatic rings. The molecule has 0 bridgehead atoms. The Morgan fingerprint density at radius 1 is 0.349 bits per heavy atom. The molecule has 0 radical (unpaired) electrons. The summed E-state index contributed by atoms with van der Waals surface area (Å²) < 4.78 is 9.17. The van der Waals surface area contributed by atoms with E-state index in [2.05, 4.69) is 240 Å². The predicted molar refractivity (Wildman–Crippen MR) is 266 cm³/mol. The van der Waals surface area contributed by atoms with E-state index in [4.69, 9.17) is 4.42 Å². The average molecular weight is 803 g/mol. The second-order valence-corrected chi connectivity index (χ2v) is 16.4. The van der Waals surface area contributed by atoms with Crippen LogP contribution in [0.5, 0.6) is 0 Å². The van der Waals surface area contributed by atoms with Gasteiger partial charge in [0.25, 0.3) is 0 Å². The fourth-order valence-corrected chi connectivity index (χ4v) is 10.2. The summed E-state index contributed by atoms with van der Waals surface area (Å²) in [5.74, 6) is 0. The summed E-state index contributed by atoms with van der Waals surface area (Å²) in [5.41, 5.74) is 13.1. The van der Waals surface area contributed by atoms with Crippen LogP contribution in [0.15, 0.2) is 235 Å². The average Bonchev–Trinajstić information content (AvgIpc) is 3.89. The molecule has 3 nitrogen and oxygen atoms in total. The van der Waals surface area contributed by atoms with Crippen LogP contribution in [0.25, 0.3) is 104 Å². The third-order valence-electron chi connectivity index (χ3n) is 12.9. The largest absolute Gasteiger partial charge is 0.456 e. The van der Waals surface area contributed by atoms with E-state index in [9.17, 15) is 0 Å². The van der Waals surface area contributed by atoms with Gasteiger partial charge >= 0.3 is 0 Å². The van der Waals surface area contributed by atoms with E-state index < -0.39 is 0 Å². The van der Waals surface area contributed by atoms with Crippen LogP contribution in [0.4, 0.5) is 17.1 Å². The summed E-state index contributed by atoms with van der Waals surface area (Å²) in [4.78, 5) is 2.40. The van der Waals surface area contributed by atoms with Gasteiger partial charge in [-0.2, -0.15) is 0 Å². The molecule has 0 atom stereocenters. The number of para-hydroxylation sites is 2. The number of hydrogen-bond acceptors (Lipinski definition) is 2. The van der Waals surface area contributed by atoms with Gasteiger partial charge in [0, 0.05) is 55.6 Å². The molecule has 13 aromatic rings. The fraction of sp³-hybridized carbons (Fsp3) is 0. The van der Waals surface area contributed by atoms with E-state index in [1.807, 2.05) is 0 Å². The first-order valence-electron chi connectivity index (χ1n) is 21.6. The van der Waals surface area contributed by atoms with Gasteiger partial charge in [-0.1, -0.05) is 164 Å². The highest BCUT2D eigenvalue weighted by Gasteiger charge is 2.24. The number of hydrogen-bond donors (Lipinski definition) is 0. The van der Waals surface area contributed by atoms with Crippen molar-refractivity contribution in [1.82, 2.24) is 4.57 Å². The van der Waals surface area contributed by atoms with Gasteiger partial charge < -0.3 is 13.9 Å². The molecule has 13 rings (SSSR count). The third kappa shape index (κ3) is 5.53. The molecule has 294 valence electrons. The van der Waals surface area contributed by atoms with Gasteiger partial charge in [0.15, 0.2) is 0 Å². The highest BCUT2D eigenvalue weighted by molar-refractivity contribution is 6.27. The predicted octanol–water partition coefficient (Wildman–Crippen LogP) is 16.9. The zero-order valence-electron chi connectivity index (χ0n) is 34.2. The molecule has 0 saturated heterocycles. The van der Waals surface area contributed by atoms with Gasteiger partial charge in [0.05, 0.1) is 16.7 Å². The Balaban J connectivity index is 1.08. The van der Waals surface area contributed by atoms with E-state index in [-0.39, 0.29) is 0 Å². The molecule has 0 aliphatic carbocycles. The highest BCUT2D eigenvalue weighted by atomic mass is 16.3. The monoisotopic (exact) mass is 802 g/mol. The van der Waals surface area contributed by atoms with E-state index in [0.29, 0.717) is 0 Å². The Kier molecular flexibility index (Phi) is 7.91. The van der Waals surface area contributed by atoms with Crippen LogP contribution in [0.1, 0.15) is 0 Å². The first-order valence-corrected chi connectivity index (χ1v) is 21.6. The smallest absolute Gasteiger partial charge is 0.138 e. The second-order valence-electron chi connectivity index (χ2n) is 16.4. The molecular formula is C60H38N2O. The van der Waals surface area contributed by atoms with Crippen LogP contribution in [0, 0.1) is 0 Å². The van der Waals surface area contributed by atoms with Gasteiger partial charge in [-0.05, 0) is 104 Å². The van der Waals surface area contributed by atoms with Gasteiger partial charge in [0.1, 0.15) is 11.2 Å². The lowest BCUT2D eigenvalue weighted by Gasteiger charge is -2.27. The van der Waals surface area contributed by atoms with Crippen LogP contribution in [0.3, 0.4) is 0 Å². The van der Waals surface area contributed by atoms with E-state index in [1.165, 1.54) is 59.8 Å². The molecule has 63 heavy (non-hydrogen) atoms. The van der Waals surface area contributed by atoms with Crippen molar-refractivity contribution in [3.8, 4) is 27.9 Å². The molecule has 11 aromatic carbocycles. The highest BCUT2D eigenvalue weighted by Crippen LogP contribution is 2.48. The maximum Gasteiger partial charge on any atom is 0.138 e.